The molecule has 4 rings (SSSR count). The molecule has 3 aromatic rings. The van der Waals surface area contributed by atoms with Crippen LogP contribution in [-0.2, 0) is 110 Å². The average Bonchev–Trinajstić information content (AvgIpc) is 1.27. The molecular weight excluding hydrogens is 1720 g/mol. The Kier molecular flexibility index (Phi) is 48.4. The second kappa shape index (κ2) is 56.8. The molecule has 0 saturated carbocycles. The van der Waals surface area contributed by atoms with Gasteiger partial charge in [-0.1, -0.05) is 107 Å². The van der Waals surface area contributed by atoms with Crippen molar-refractivity contribution in [3.63, 3.8) is 0 Å². The van der Waals surface area contributed by atoms with Crippen molar-refractivity contribution < 1.29 is 142 Å². The van der Waals surface area contributed by atoms with Crippen LogP contribution in [0.1, 0.15) is 181 Å². The largest absolute Gasteiger partial charge is 0.508 e. The molecule has 10 amide bonds. The lowest BCUT2D eigenvalue weighted by Gasteiger charge is -2.28. The van der Waals surface area contributed by atoms with Gasteiger partial charge in [-0.05, 0) is 131 Å². The van der Waals surface area contributed by atoms with Crippen molar-refractivity contribution in [3.8, 4) is 11.5 Å². The third kappa shape index (κ3) is 39.8. The molecule has 0 aliphatic carbocycles. The number of carboxylic acids is 3. The van der Waals surface area contributed by atoms with E-state index in [2.05, 4.69) is 42.5 Å². The lowest BCUT2D eigenvalue weighted by atomic mass is 9.85. The van der Waals surface area contributed by atoms with Gasteiger partial charge < -0.3 is 94.2 Å². The number of unbranched alkanes of at least 4 members (excludes halogenated alkanes) is 1. The molecule has 0 unspecified atom stereocenters. The van der Waals surface area contributed by atoms with Crippen LogP contribution < -0.4 is 48.3 Å². The van der Waals surface area contributed by atoms with Crippen LogP contribution in [0, 0.1) is 53.3 Å². The van der Waals surface area contributed by atoms with Gasteiger partial charge in [-0.25, -0.2) is 0 Å². The van der Waals surface area contributed by atoms with Crippen molar-refractivity contribution in [2.75, 3.05) is 45.1 Å². The lowest BCUT2D eigenvalue weighted by molar-refractivity contribution is -0.143. The smallest absolute Gasteiger partial charge is 0.304 e. The molecule has 0 spiro atoms. The van der Waals surface area contributed by atoms with Gasteiger partial charge in [0.1, 0.15) is 29.9 Å². The minimum Gasteiger partial charge on any atom is -0.508 e. The van der Waals surface area contributed by atoms with Gasteiger partial charge in [-0.15, -0.1) is 0 Å². The number of aliphatic hydroxyl groups is 4. The first kappa shape index (κ1) is 111. The predicted molar refractivity (Wildman–Crippen MR) is 468 cm³/mol. The first-order valence-electron chi connectivity index (χ1n) is 43.4. The summed E-state index contributed by atoms with van der Waals surface area (Å²) in [6.07, 6.45) is -10.4. The quantitative estimate of drug-likeness (QED) is 0.0357. The number of nitrogens with one attached hydrogen (secondary N) is 8. The second-order valence-corrected chi connectivity index (χ2v) is 34.5. The SMILES string of the molecule is CC[C@H](C)[C@H](NC(=O)[C@H](CO)CC(=O)[C@H](Cc1ccc(O)cc1)NC(=O)[C@H](CC(=O)O)CC(=O)[C@H](CO)NC(=O)[C@@H](CC(=O)[C@H](Cc1ccccc1)NC(=O)[C@@H](CC(=O)CNC(=O)[C@H](CCC(=O)O)CC(=O)CCCNC(=O)CN1C(=O)CSC1=O)[C@@H](C)O)[C@@H](C)O)C(=O)C[C@@H](Cc1ccc(O)cc1)C(=O)N[C@@H](CC(C)C)C(=O)C[C@@H](CC(=O)O)C(=O)N[C@H](C)CCCCN. The maximum absolute atomic E-state index is 14.8. The summed E-state index contributed by atoms with van der Waals surface area (Å²) in [5, 5.41) is 113. The summed E-state index contributed by atoms with van der Waals surface area (Å²) in [6, 6.07) is 10.3. The number of hydrogen-bond donors (Lipinski definition) is 18. The fraction of sp³-hybridized carbons (Fsp3) is 0.578. The number of phenols is 2. The number of aliphatic hydroxyl groups excluding tert-OH is 4. The predicted octanol–water partition coefficient (Wildman–Crippen LogP) is 1.57. The highest BCUT2D eigenvalue weighted by Crippen LogP contribution is 2.27. The monoisotopic (exact) mass is 1840 g/mol. The number of nitrogens with zero attached hydrogens (tertiary/aromatic N) is 1. The molecule has 3 aromatic carbocycles. The molecule has 1 aliphatic rings. The van der Waals surface area contributed by atoms with Gasteiger partial charge in [0.25, 0.3) is 5.24 Å². The molecule has 40 heteroatoms. The number of thioether (sulfide) groups is 1. The van der Waals surface area contributed by atoms with Crippen molar-refractivity contribution >= 4 is 129 Å². The lowest BCUT2D eigenvalue weighted by Crippen LogP contribution is -2.52. The zero-order valence-corrected chi connectivity index (χ0v) is 75.1. The average molecular weight is 1840 g/mol. The van der Waals surface area contributed by atoms with Gasteiger partial charge in [0.05, 0.1) is 104 Å². The summed E-state index contributed by atoms with van der Waals surface area (Å²) in [5.41, 5.74) is 6.76. The van der Waals surface area contributed by atoms with E-state index in [1.54, 1.807) is 65.0 Å². The normalized spacial score (nSPS) is 15.7. The fourth-order valence-electron chi connectivity index (χ4n) is 14.5. The van der Waals surface area contributed by atoms with E-state index in [0.717, 1.165) is 30.5 Å². The van der Waals surface area contributed by atoms with Crippen LogP contribution in [0.5, 0.6) is 11.5 Å². The number of carbonyl (C=O) groups excluding carboxylic acids is 17. The summed E-state index contributed by atoms with van der Waals surface area (Å²) in [7, 11) is 0. The standard InChI is InChI=1S/C90H126N10O29S/c1-8-50(4)82(76(113)38-58(32-55-19-24-62(105)25-20-55)85(124)95-68(31-49(2)3)72(109)36-59(40-80(118)119)84(123)94-51(5)15-12-13-29-91)99-87(126)61(46-101)39-73(110)69(34-56-21-26-63(106)27-22-56)96-86(125)60(41-81(120)121)37-74(111)71(47-102)98-89(128)67(53(7)104)43-75(112)70(33-54-16-10-9-11-17-54)97-88(127)66(52(6)103)42-65(108)44-93-83(122)57(23-28-79(116)117)35-64(107)18-14-30-92-77(114)45-100-78(115)48-130-90(100)129/h9-11,16-17,19-22,24-27,49-53,57-61,66-71,82,101-106H,8,12-15,18,23,28-48,91H2,1-7H3,(H,92,114)(H,93,122)(H,94,123)(H,95,124)(H,96,125)(H,97,127)(H,98,128)(H,99,126)(H,116,117)(H,118,119)(H,120,121)/t50-,51+,52+,53+,57+,58+,59-,60-,61-,66-,67-,68-,69-,70-,71-,82-/m0/s1. The third-order valence-corrected chi connectivity index (χ3v) is 23.1. The molecule has 1 saturated heterocycles. The van der Waals surface area contributed by atoms with Gasteiger partial charge in [-0.2, -0.15) is 0 Å². The number of nitrogens with two attached hydrogens (primary N) is 1. The number of carboxylic acid groups (broad SMARTS) is 3. The Labute approximate surface area is 757 Å². The minimum absolute atomic E-state index is 0.0229. The molecule has 130 heavy (non-hydrogen) atoms. The Bertz CT molecular complexity index is 4380. The molecule has 19 N–H and O–H groups in total. The number of hydrogen-bond acceptors (Lipinski definition) is 28. The summed E-state index contributed by atoms with van der Waals surface area (Å²) in [4.78, 5) is 271. The number of carbonyl (C=O) groups is 20. The number of phenolic OH excluding ortho intramolecular Hbond substituents is 2. The van der Waals surface area contributed by atoms with Crippen LogP contribution in [0.25, 0.3) is 0 Å². The number of amides is 10. The molecule has 1 heterocycles. The summed E-state index contributed by atoms with van der Waals surface area (Å²) < 4.78 is 0. The highest BCUT2D eigenvalue weighted by molar-refractivity contribution is 8.14. The summed E-state index contributed by atoms with van der Waals surface area (Å²) in [6.45, 7) is 7.52. The molecule has 0 aromatic heterocycles. The molecule has 716 valence electrons. The van der Waals surface area contributed by atoms with Crippen LogP contribution in [0.3, 0.4) is 0 Å². The molecule has 1 fully saturated rings. The Balaban J connectivity index is 1.53. The molecule has 1 aliphatic heterocycles. The van der Waals surface area contributed by atoms with E-state index in [4.69, 9.17) is 5.73 Å². The maximum atomic E-state index is 14.8. The number of rotatable bonds is 65. The van der Waals surface area contributed by atoms with Crippen LogP contribution in [0.4, 0.5) is 4.79 Å². The number of aromatic hydroxyl groups is 2. The first-order valence-corrected chi connectivity index (χ1v) is 44.4. The highest BCUT2D eigenvalue weighted by Gasteiger charge is 2.41. The maximum Gasteiger partial charge on any atom is 0.304 e. The second-order valence-electron chi connectivity index (χ2n) is 33.6. The Morgan fingerprint density at radius 2 is 0.923 bits per heavy atom. The van der Waals surface area contributed by atoms with Crippen molar-refractivity contribution in [3.05, 3.63) is 95.6 Å². The van der Waals surface area contributed by atoms with E-state index in [0.29, 0.717) is 36.9 Å². The number of aliphatic carboxylic acids is 3. The number of Topliss-reactive ketones (excluding diaryl/α,β-unsaturated/α-hetero) is 7. The van der Waals surface area contributed by atoms with Crippen LogP contribution in [0.2, 0.25) is 0 Å². The van der Waals surface area contributed by atoms with Crippen molar-refractivity contribution in [1.29, 1.82) is 0 Å². The first-order chi connectivity index (χ1) is 61.4. The summed E-state index contributed by atoms with van der Waals surface area (Å²) in [5.74, 6) is -30.9. The Morgan fingerprint density at radius 3 is 1.43 bits per heavy atom. The molecule has 39 nitrogen and oxygen atoms in total. The van der Waals surface area contributed by atoms with Crippen LogP contribution in [-0.4, -0.2) is 261 Å². The molecule has 0 radical (unpaired) electrons. The van der Waals surface area contributed by atoms with Crippen molar-refractivity contribution in [2.24, 2.45) is 59.0 Å². The molecule has 16 atom stereocenters. The number of benzene rings is 3. The van der Waals surface area contributed by atoms with Gasteiger partial charge in [0.2, 0.25) is 53.2 Å². The van der Waals surface area contributed by atoms with Gasteiger partial charge in [0.15, 0.2) is 34.7 Å². The van der Waals surface area contributed by atoms with E-state index in [1.807, 2.05) is 0 Å². The highest BCUT2D eigenvalue weighted by atomic mass is 32.2. The van der Waals surface area contributed by atoms with Crippen LogP contribution >= 0.6 is 11.8 Å². The Morgan fingerprint density at radius 1 is 0.446 bits per heavy atom. The van der Waals surface area contributed by atoms with E-state index in [9.17, 15) is 142 Å². The molecular formula is C90H126N10O29S. The van der Waals surface area contributed by atoms with Crippen molar-refractivity contribution in [1.82, 2.24) is 47.4 Å². The van der Waals surface area contributed by atoms with E-state index in [-0.39, 0.29) is 80.2 Å². The third-order valence-electron chi connectivity index (χ3n) is 22.3. The zero-order valence-electron chi connectivity index (χ0n) is 74.2. The van der Waals surface area contributed by atoms with Gasteiger partial charge >= 0.3 is 17.9 Å². The fourth-order valence-corrected chi connectivity index (χ4v) is 15.2. The van der Waals surface area contributed by atoms with Crippen LogP contribution in [0.15, 0.2) is 78.9 Å². The zero-order chi connectivity index (χ0) is 97.2. The van der Waals surface area contributed by atoms with E-state index < -0.39 is 310 Å². The minimum atomic E-state index is -2.00. The number of imide groups is 1. The summed E-state index contributed by atoms with van der Waals surface area (Å²) >= 11 is 0.741. The Hall–Kier alpha value is -11.6. The van der Waals surface area contributed by atoms with Gasteiger partial charge in [-0.3, -0.25) is 101 Å². The van der Waals surface area contributed by atoms with E-state index >= 15 is 0 Å². The van der Waals surface area contributed by atoms with Gasteiger partial charge in [0, 0.05) is 82.2 Å². The van der Waals surface area contributed by atoms with Crippen molar-refractivity contribution in [2.45, 2.75) is 232 Å². The topological polar surface area (TPSA) is 649 Å². The van der Waals surface area contributed by atoms with E-state index in [1.165, 1.54) is 48.5 Å². The number of ketones is 7. The molecule has 0 bridgehead atoms.